The van der Waals surface area contributed by atoms with E-state index in [0.717, 1.165) is 24.2 Å². The number of rotatable bonds is 9. The van der Waals surface area contributed by atoms with Gasteiger partial charge >= 0.3 is 6.03 Å². The van der Waals surface area contributed by atoms with E-state index in [9.17, 15) is 19.2 Å². The molecule has 23 heavy (non-hydrogen) atoms. The van der Waals surface area contributed by atoms with E-state index in [2.05, 4.69) is 22.7 Å². The Labute approximate surface area is 135 Å². The second-order valence-corrected chi connectivity index (χ2v) is 5.37. The molecule has 1 aliphatic heterocycles. The van der Waals surface area contributed by atoms with E-state index in [-0.39, 0.29) is 18.1 Å². The molecule has 0 aromatic heterocycles. The third-order valence-corrected chi connectivity index (χ3v) is 3.45. The molecule has 0 aliphatic carbocycles. The minimum absolute atomic E-state index is 0.0337. The predicted octanol–water partition coefficient (Wildman–Crippen LogP) is 0.806. The molecular weight excluding hydrogens is 300 g/mol. The molecule has 1 aliphatic rings. The monoisotopic (exact) mass is 324 g/mol. The summed E-state index contributed by atoms with van der Waals surface area (Å²) in [6, 6.07) is -0.718. The van der Waals surface area contributed by atoms with Crippen LogP contribution in [0.5, 0.6) is 0 Å². The van der Waals surface area contributed by atoms with Crippen LogP contribution in [0.2, 0.25) is 0 Å². The fraction of sp³-hybridized carbons (Fsp3) is 0.600. The van der Waals surface area contributed by atoms with Crippen LogP contribution in [-0.4, -0.2) is 35.2 Å². The smallest absolute Gasteiger partial charge is 0.302 e. The molecule has 0 aromatic carbocycles. The van der Waals surface area contributed by atoms with Gasteiger partial charge in [0, 0.05) is 18.7 Å². The van der Waals surface area contributed by atoms with E-state index >= 15 is 0 Å². The molecule has 8 nitrogen and oxygen atoms in total. The minimum Gasteiger partial charge on any atom is -0.302 e. The lowest BCUT2D eigenvalue weighted by molar-refractivity contribution is -0.141. The maximum Gasteiger partial charge on any atom is 0.330 e. The number of nitrogens with one attached hydrogen (secondary N) is 3. The summed E-state index contributed by atoms with van der Waals surface area (Å²) in [7, 11) is 0. The van der Waals surface area contributed by atoms with Crippen molar-refractivity contribution in [3.05, 3.63) is 12.3 Å². The number of unbranched alkanes of at least 4 members (excludes halogenated alkanes) is 2. The molecule has 5 amide bonds. The number of hydrogen-bond acceptors (Lipinski definition) is 5. The van der Waals surface area contributed by atoms with Crippen molar-refractivity contribution in [2.24, 2.45) is 5.92 Å². The Morgan fingerprint density at radius 3 is 2.43 bits per heavy atom. The zero-order valence-electron chi connectivity index (χ0n) is 13.6. The van der Waals surface area contributed by atoms with Crippen molar-refractivity contribution in [1.29, 1.82) is 0 Å². The molecule has 3 N–H and O–H groups in total. The van der Waals surface area contributed by atoms with Crippen LogP contribution < -0.4 is 16.2 Å². The minimum atomic E-state index is -1.24. The zero-order valence-corrected chi connectivity index (χ0v) is 13.6. The molecule has 8 heteroatoms. The van der Waals surface area contributed by atoms with E-state index in [1.165, 1.54) is 0 Å². The number of barbiturate groups is 1. The molecule has 128 valence electrons. The summed E-state index contributed by atoms with van der Waals surface area (Å²) in [5, 5.41) is 2.14. The van der Waals surface area contributed by atoms with Crippen molar-refractivity contribution >= 4 is 23.8 Å². The number of hydrogen-bond donors (Lipinski definition) is 3. The van der Waals surface area contributed by atoms with Crippen LogP contribution in [-0.2, 0) is 14.4 Å². The van der Waals surface area contributed by atoms with Crippen LogP contribution in [0.1, 0.15) is 46.0 Å². The standard InChI is InChI=1S/C15H24N4O4/c1-4-6-8-11(20)18-17-10(3)12-13(21)16-15(23)19(14(12)22)9-7-5-2/h12,17H,3-9H2,1-2H3,(H,18,20)(H,16,21,23)/t12-/m1/s1. The van der Waals surface area contributed by atoms with Gasteiger partial charge in [0.15, 0.2) is 5.92 Å². The normalized spacial score (nSPS) is 17.7. The van der Waals surface area contributed by atoms with Gasteiger partial charge in [0.05, 0.1) is 0 Å². The molecule has 0 bridgehead atoms. The van der Waals surface area contributed by atoms with Gasteiger partial charge in [0.1, 0.15) is 0 Å². The Bertz CT molecular complexity index is 504. The highest BCUT2D eigenvalue weighted by Crippen LogP contribution is 2.16. The Kier molecular flexibility index (Phi) is 7.24. The lowest BCUT2D eigenvalue weighted by Gasteiger charge is -2.31. The molecule has 1 atom stereocenters. The first-order valence-corrected chi connectivity index (χ1v) is 7.82. The van der Waals surface area contributed by atoms with Gasteiger partial charge in [0.2, 0.25) is 17.7 Å². The summed E-state index contributed by atoms with van der Waals surface area (Å²) in [5.74, 6) is -2.87. The molecule has 0 radical (unpaired) electrons. The summed E-state index contributed by atoms with van der Waals surface area (Å²) in [6.45, 7) is 7.76. The molecule has 0 spiro atoms. The number of carbonyl (C=O) groups excluding carboxylic acids is 4. The average Bonchev–Trinajstić information content (AvgIpc) is 2.50. The molecule has 1 fully saturated rings. The maximum atomic E-state index is 12.3. The third-order valence-electron chi connectivity index (χ3n) is 3.45. The fourth-order valence-corrected chi connectivity index (χ4v) is 2.07. The van der Waals surface area contributed by atoms with Crippen molar-refractivity contribution in [1.82, 2.24) is 21.1 Å². The SMILES string of the molecule is C=C(NNC(=O)CCCC)[C@@H]1C(=O)NC(=O)N(CCCC)C1=O. The van der Waals surface area contributed by atoms with E-state index in [1.54, 1.807) is 0 Å². The number of hydrazine groups is 1. The average molecular weight is 324 g/mol. The van der Waals surface area contributed by atoms with E-state index < -0.39 is 23.8 Å². The lowest BCUT2D eigenvalue weighted by atomic mass is 10.0. The number of imide groups is 2. The van der Waals surface area contributed by atoms with Crippen molar-refractivity contribution < 1.29 is 19.2 Å². The topological polar surface area (TPSA) is 108 Å². The van der Waals surface area contributed by atoms with Crippen LogP contribution >= 0.6 is 0 Å². The van der Waals surface area contributed by atoms with Crippen LogP contribution in [0.25, 0.3) is 0 Å². The maximum absolute atomic E-state index is 12.3. The Balaban J connectivity index is 2.66. The largest absolute Gasteiger partial charge is 0.330 e. The van der Waals surface area contributed by atoms with Gasteiger partial charge in [-0.25, -0.2) is 4.79 Å². The quantitative estimate of drug-likeness (QED) is 0.430. The van der Waals surface area contributed by atoms with E-state index in [4.69, 9.17) is 0 Å². The Morgan fingerprint density at radius 1 is 1.17 bits per heavy atom. The molecule has 0 aromatic rings. The van der Waals surface area contributed by atoms with Crippen LogP contribution in [0.4, 0.5) is 4.79 Å². The number of nitrogens with zero attached hydrogens (tertiary/aromatic N) is 1. The second-order valence-electron chi connectivity index (χ2n) is 5.37. The van der Waals surface area contributed by atoms with Crippen LogP contribution in [0.15, 0.2) is 12.3 Å². The number of amides is 5. The van der Waals surface area contributed by atoms with Crippen LogP contribution in [0, 0.1) is 5.92 Å². The van der Waals surface area contributed by atoms with E-state index in [1.807, 2.05) is 13.8 Å². The summed E-state index contributed by atoms with van der Waals surface area (Å²) < 4.78 is 0. The number of carbonyl (C=O) groups is 4. The predicted molar refractivity (Wildman–Crippen MR) is 83.6 cm³/mol. The number of urea groups is 1. The molecule has 1 heterocycles. The van der Waals surface area contributed by atoms with Gasteiger partial charge < -0.3 is 5.43 Å². The van der Waals surface area contributed by atoms with Crippen molar-refractivity contribution in [2.75, 3.05) is 6.54 Å². The summed E-state index contributed by atoms with van der Waals surface area (Å²) in [6.07, 6.45) is 3.41. The summed E-state index contributed by atoms with van der Waals surface area (Å²) >= 11 is 0. The van der Waals surface area contributed by atoms with Crippen molar-refractivity contribution in [2.45, 2.75) is 46.0 Å². The summed E-state index contributed by atoms with van der Waals surface area (Å²) in [4.78, 5) is 48.5. The van der Waals surface area contributed by atoms with E-state index in [0.29, 0.717) is 12.8 Å². The lowest BCUT2D eigenvalue weighted by Crippen LogP contribution is -2.60. The van der Waals surface area contributed by atoms with Crippen molar-refractivity contribution in [3.63, 3.8) is 0 Å². The first-order chi connectivity index (χ1) is 10.9. The van der Waals surface area contributed by atoms with Gasteiger partial charge in [-0.3, -0.25) is 30.0 Å². The first-order valence-electron chi connectivity index (χ1n) is 7.82. The van der Waals surface area contributed by atoms with Crippen LogP contribution in [0.3, 0.4) is 0 Å². The Hall–Kier alpha value is -2.38. The molecule has 1 saturated heterocycles. The first kappa shape index (κ1) is 18.7. The molecule has 0 unspecified atom stereocenters. The van der Waals surface area contributed by atoms with Gasteiger partial charge in [-0.2, -0.15) is 0 Å². The van der Waals surface area contributed by atoms with Crippen molar-refractivity contribution in [3.8, 4) is 0 Å². The fourth-order valence-electron chi connectivity index (χ4n) is 2.07. The zero-order chi connectivity index (χ0) is 17.4. The molecular formula is C15H24N4O4. The molecule has 0 saturated carbocycles. The highest BCUT2D eigenvalue weighted by molar-refractivity contribution is 6.17. The third kappa shape index (κ3) is 5.08. The van der Waals surface area contributed by atoms with Gasteiger partial charge in [-0.05, 0) is 12.8 Å². The highest BCUT2D eigenvalue weighted by atomic mass is 16.2. The Morgan fingerprint density at radius 2 is 1.83 bits per heavy atom. The summed E-state index contributed by atoms with van der Waals surface area (Å²) in [5.41, 5.74) is 4.93. The van der Waals surface area contributed by atoms with Gasteiger partial charge in [0.25, 0.3) is 0 Å². The molecule has 1 rings (SSSR count). The second kappa shape index (κ2) is 8.92. The van der Waals surface area contributed by atoms with Gasteiger partial charge in [-0.1, -0.05) is 33.3 Å². The highest BCUT2D eigenvalue weighted by Gasteiger charge is 2.41. The van der Waals surface area contributed by atoms with Gasteiger partial charge in [-0.15, -0.1) is 0 Å².